The molecule has 0 spiro atoms. The second kappa shape index (κ2) is 4.68. The zero-order valence-electron chi connectivity index (χ0n) is 10.0. The summed E-state index contributed by atoms with van der Waals surface area (Å²) in [5.74, 6) is 0.497. The first kappa shape index (κ1) is 11.8. The normalized spacial score (nSPS) is 12.9. The van der Waals surface area contributed by atoms with Crippen LogP contribution in [-0.2, 0) is 11.8 Å². The van der Waals surface area contributed by atoms with Crippen molar-refractivity contribution in [2.75, 3.05) is 6.61 Å². The van der Waals surface area contributed by atoms with Crippen molar-refractivity contribution in [2.24, 2.45) is 7.05 Å². The van der Waals surface area contributed by atoms with Gasteiger partial charge in [-0.15, -0.1) is 0 Å². The second-order valence-electron chi connectivity index (χ2n) is 3.64. The van der Waals surface area contributed by atoms with E-state index in [2.05, 4.69) is 10.1 Å². The van der Waals surface area contributed by atoms with Gasteiger partial charge in [-0.1, -0.05) is 0 Å². The summed E-state index contributed by atoms with van der Waals surface area (Å²) in [6.07, 6.45) is 1.89. The fraction of sp³-hybridized carbons (Fsp3) is 0.455. The summed E-state index contributed by atoms with van der Waals surface area (Å²) in [4.78, 5) is 3.98. The molecule has 2 heterocycles. The van der Waals surface area contributed by atoms with E-state index in [1.54, 1.807) is 17.8 Å². The Morgan fingerprint density at radius 3 is 2.94 bits per heavy atom. The van der Waals surface area contributed by atoms with E-state index in [9.17, 15) is 5.11 Å². The summed E-state index contributed by atoms with van der Waals surface area (Å²) < 4.78 is 12.1. The van der Waals surface area contributed by atoms with Gasteiger partial charge in [0.2, 0.25) is 6.29 Å². The van der Waals surface area contributed by atoms with Crippen molar-refractivity contribution in [1.82, 2.24) is 14.8 Å². The fourth-order valence-corrected chi connectivity index (χ4v) is 1.59. The Bertz CT molecular complexity index is 504. The first-order valence-electron chi connectivity index (χ1n) is 5.37. The number of nitrogens with zero attached hydrogens (tertiary/aromatic N) is 3. The average molecular weight is 237 g/mol. The molecular formula is C11H15N3O3. The highest BCUT2D eigenvalue weighted by Crippen LogP contribution is 2.29. The molecule has 0 amide bonds. The van der Waals surface area contributed by atoms with Crippen LogP contribution in [0.5, 0.6) is 0 Å². The molecule has 2 rings (SSSR count). The minimum Gasteiger partial charge on any atom is -0.443 e. The number of ether oxygens (including phenoxy) is 1. The highest BCUT2D eigenvalue weighted by atomic mass is 16.6. The number of aliphatic hydroxyl groups is 1. The van der Waals surface area contributed by atoms with E-state index in [4.69, 9.17) is 9.15 Å². The first-order chi connectivity index (χ1) is 8.15. The second-order valence-corrected chi connectivity index (χ2v) is 3.64. The van der Waals surface area contributed by atoms with Crippen molar-refractivity contribution in [3.63, 3.8) is 0 Å². The lowest BCUT2D eigenvalue weighted by Crippen LogP contribution is -2.04. The van der Waals surface area contributed by atoms with Crippen molar-refractivity contribution in [1.29, 1.82) is 0 Å². The number of hydrogen-bond donors (Lipinski definition) is 1. The highest BCUT2D eigenvalue weighted by Gasteiger charge is 2.21. The van der Waals surface area contributed by atoms with Gasteiger partial charge in [0.05, 0.1) is 11.8 Å². The molecule has 2 aromatic heterocycles. The van der Waals surface area contributed by atoms with E-state index in [0.717, 1.165) is 11.3 Å². The number of oxazole rings is 1. The van der Waals surface area contributed by atoms with Crippen LogP contribution >= 0.6 is 0 Å². The van der Waals surface area contributed by atoms with E-state index in [-0.39, 0.29) is 0 Å². The zero-order chi connectivity index (χ0) is 12.4. The topological polar surface area (TPSA) is 73.3 Å². The number of aryl methyl sites for hydroxylation is 1. The molecule has 6 nitrogen and oxygen atoms in total. The molecule has 0 aromatic carbocycles. The molecule has 2 aromatic rings. The summed E-state index contributed by atoms with van der Waals surface area (Å²) in [6, 6.07) is 0. The number of aliphatic hydroxyl groups excluding tert-OH is 1. The molecule has 17 heavy (non-hydrogen) atoms. The molecule has 6 heteroatoms. The molecule has 0 bridgehead atoms. The SMILES string of the molecule is CCOC(O)c1ncoc1-c1cnn(C)c1C. The Labute approximate surface area is 98.8 Å². The van der Waals surface area contributed by atoms with Gasteiger partial charge in [0, 0.05) is 19.3 Å². The lowest BCUT2D eigenvalue weighted by Gasteiger charge is -2.08. The summed E-state index contributed by atoms with van der Waals surface area (Å²) >= 11 is 0. The maximum Gasteiger partial charge on any atom is 0.202 e. The third-order valence-corrected chi connectivity index (χ3v) is 2.63. The van der Waals surface area contributed by atoms with Crippen molar-refractivity contribution in [3.8, 4) is 11.3 Å². The quantitative estimate of drug-likeness (QED) is 0.814. The average Bonchev–Trinajstić information content (AvgIpc) is 2.88. The van der Waals surface area contributed by atoms with E-state index in [0.29, 0.717) is 18.1 Å². The molecule has 1 N–H and O–H groups in total. The molecular weight excluding hydrogens is 222 g/mol. The number of hydrogen-bond acceptors (Lipinski definition) is 5. The Hall–Kier alpha value is -1.66. The highest BCUT2D eigenvalue weighted by molar-refractivity contribution is 5.61. The molecule has 0 aliphatic heterocycles. The molecule has 92 valence electrons. The lowest BCUT2D eigenvalue weighted by atomic mass is 10.1. The number of aromatic nitrogens is 3. The Kier molecular flexibility index (Phi) is 3.26. The van der Waals surface area contributed by atoms with E-state index >= 15 is 0 Å². The maximum absolute atomic E-state index is 9.78. The van der Waals surface area contributed by atoms with Gasteiger partial charge in [0.25, 0.3) is 0 Å². The molecule has 0 aliphatic rings. The van der Waals surface area contributed by atoms with E-state index < -0.39 is 6.29 Å². The third-order valence-electron chi connectivity index (χ3n) is 2.63. The third kappa shape index (κ3) is 2.09. The van der Waals surface area contributed by atoms with Crippen molar-refractivity contribution < 1.29 is 14.3 Å². The maximum atomic E-state index is 9.78. The Morgan fingerprint density at radius 2 is 2.35 bits per heavy atom. The largest absolute Gasteiger partial charge is 0.443 e. The molecule has 0 radical (unpaired) electrons. The predicted molar refractivity (Wildman–Crippen MR) is 60.0 cm³/mol. The van der Waals surface area contributed by atoms with Crippen LogP contribution in [0.4, 0.5) is 0 Å². The molecule has 1 unspecified atom stereocenters. The fourth-order valence-electron chi connectivity index (χ4n) is 1.59. The monoisotopic (exact) mass is 237 g/mol. The van der Waals surface area contributed by atoms with Crippen LogP contribution in [0.1, 0.15) is 24.6 Å². The van der Waals surface area contributed by atoms with Gasteiger partial charge in [-0.25, -0.2) is 4.98 Å². The van der Waals surface area contributed by atoms with Crippen LogP contribution < -0.4 is 0 Å². The first-order valence-corrected chi connectivity index (χ1v) is 5.37. The standard InChI is InChI=1S/C11H15N3O3/c1-4-16-11(15)9-10(17-6-12-9)8-5-13-14(3)7(8)2/h5-6,11,15H,4H2,1-3H3. The van der Waals surface area contributed by atoms with E-state index in [1.807, 2.05) is 14.0 Å². The predicted octanol–water partition coefficient (Wildman–Crippen LogP) is 1.41. The van der Waals surface area contributed by atoms with Gasteiger partial charge < -0.3 is 14.3 Å². The van der Waals surface area contributed by atoms with E-state index in [1.165, 1.54) is 6.39 Å². The van der Waals surface area contributed by atoms with Crippen LogP contribution in [0.2, 0.25) is 0 Å². The van der Waals surface area contributed by atoms with Gasteiger partial charge in [0.15, 0.2) is 12.2 Å². The van der Waals surface area contributed by atoms with Gasteiger partial charge >= 0.3 is 0 Å². The smallest absolute Gasteiger partial charge is 0.202 e. The van der Waals surface area contributed by atoms with Crippen LogP contribution in [0.15, 0.2) is 17.0 Å². The van der Waals surface area contributed by atoms with Crippen LogP contribution in [-0.4, -0.2) is 26.5 Å². The number of rotatable bonds is 4. The van der Waals surface area contributed by atoms with Crippen LogP contribution in [0.25, 0.3) is 11.3 Å². The lowest BCUT2D eigenvalue weighted by molar-refractivity contribution is -0.100. The van der Waals surface area contributed by atoms with Gasteiger partial charge in [-0.2, -0.15) is 5.10 Å². The minimum atomic E-state index is -1.08. The molecule has 0 saturated carbocycles. The van der Waals surface area contributed by atoms with Crippen molar-refractivity contribution in [2.45, 2.75) is 20.1 Å². The molecule has 1 atom stereocenters. The van der Waals surface area contributed by atoms with Crippen molar-refractivity contribution >= 4 is 0 Å². The summed E-state index contributed by atoms with van der Waals surface area (Å²) in [5.41, 5.74) is 2.12. The van der Waals surface area contributed by atoms with Crippen LogP contribution in [0, 0.1) is 6.92 Å². The molecule has 0 fully saturated rings. The Morgan fingerprint density at radius 1 is 1.59 bits per heavy atom. The van der Waals surface area contributed by atoms with Crippen LogP contribution in [0.3, 0.4) is 0 Å². The molecule has 0 aliphatic carbocycles. The summed E-state index contributed by atoms with van der Waals surface area (Å²) in [7, 11) is 1.84. The molecule has 0 saturated heterocycles. The van der Waals surface area contributed by atoms with Gasteiger partial charge in [-0.3, -0.25) is 4.68 Å². The van der Waals surface area contributed by atoms with Crippen molar-refractivity contribution in [3.05, 3.63) is 24.0 Å². The van der Waals surface area contributed by atoms with Gasteiger partial charge in [0.1, 0.15) is 5.69 Å². The Balaban J connectivity index is 2.40. The minimum absolute atomic E-state index is 0.378. The van der Waals surface area contributed by atoms with Gasteiger partial charge in [-0.05, 0) is 13.8 Å². The summed E-state index contributed by atoms with van der Waals surface area (Å²) in [5, 5.41) is 13.9. The zero-order valence-corrected chi connectivity index (χ0v) is 10.0. The summed E-state index contributed by atoms with van der Waals surface area (Å²) in [6.45, 7) is 4.12.